The van der Waals surface area contributed by atoms with Crippen molar-refractivity contribution in [3.05, 3.63) is 90.2 Å². The van der Waals surface area contributed by atoms with Crippen LogP contribution in [0.15, 0.2) is 90.1 Å². The summed E-state index contributed by atoms with van der Waals surface area (Å²) in [5.41, 5.74) is 3.59. The molecule has 4 nitrogen and oxygen atoms in total. The fourth-order valence-corrected chi connectivity index (χ4v) is 3.96. The maximum absolute atomic E-state index is 11.8. The first-order valence-electron chi connectivity index (χ1n) is 8.63. The standard InChI is InChI=1S/C22H17ClN2O2S/c1-28(26,27)19-6-4-5-17(15-19)16-9-11-18(12-10-16)25-14-13-24-22(25)20-7-2-3-8-21(20)23/h2-15H,1H3. The van der Waals surface area contributed by atoms with Gasteiger partial charge in [0.1, 0.15) is 5.82 Å². The Hall–Kier alpha value is -2.89. The first kappa shape index (κ1) is 18.5. The minimum absolute atomic E-state index is 0.310. The molecule has 1 heterocycles. The van der Waals surface area contributed by atoms with E-state index in [9.17, 15) is 8.42 Å². The highest BCUT2D eigenvalue weighted by molar-refractivity contribution is 7.90. The molecule has 0 aliphatic carbocycles. The Labute approximate surface area is 169 Å². The number of imidazole rings is 1. The van der Waals surface area contributed by atoms with Gasteiger partial charge < -0.3 is 0 Å². The molecular weight excluding hydrogens is 392 g/mol. The van der Waals surface area contributed by atoms with Gasteiger partial charge in [-0.05, 0) is 47.5 Å². The van der Waals surface area contributed by atoms with Crippen LogP contribution >= 0.6 is 11.6 Å². The quantitative estimate of drug-likeness (QED) is 0.462. The van der Waals surface area contributed by atoms with E-state index in [2.05, 4.69) is 4.98 Å². The summed E-state index contributed by atoms with van der Waals surface area (Å²) in [5.74, 6) is 0.762. The van der Waals surface area contributed by atoms with Gasteiger partial charge in [-0.15, -0.1) is 0 Å². The first-order valence-corrected chi connectivity index (χ1v) is 10.9. The van der Waals surface area contributed by atoms with E-state index in [0.29, 0.717) is 9.92 Å². The second-order valence-corrected chi connectivity index (χ2v) is 8.87. The first-order chi connectivity index (χ1) is 13.4. The van der Waals surface area contributed by atoms with Gasteiger partial charge in [0.15, 0.2) is 9.84 Å². The van der Waals surface area contributed by atoms with Crippen LogP contribution in [-0.2, 0) is 9.84 Å². The smallest absolute Gasteiger partial charge is 0.175 e. The van der Waals surface area contributed by atoms with Gasteiger partial charge in [-0.1, -0.05) is 48.0 Å². The summed E-state index contributed by atoms with van der Waals surface area (Å²) < 4.78 is 25.6. The van der Waals surface area contributed by atoms with Gasteiger partial charge in [-0.3, -0.25) is 4.57 Å². The fourth-order valence-electron chi connectivity index (χ4n) is 3.07. The Morgan fingerprint density at radius 2 is 1.64 bits per heavy atom. The molecule has 0 spiro atoms. The van der Waals surface area contributed by atoms with Crippen LogP contribution in [0.25, 0.3) is 28.2 Å². The average Bonchev–Trinajstić information content (AvgIpc) is 3.17. The van der Waals surface area contributed by atoms with Crippen molar-refractivity contribution in [1.29, 1.82) is 0 Å². The molecule has 1 aromatic heterocycles. The van der Waals surface area contributed by atoms with Gasteiger partial charge in [-0.25, -0.2) is 13.4 Å². The third-order valence-electron chi connectivity index (χ3n) is 4.50. The number of aromatic nitrogens is 2. The van der Waals surface area contributed by atoms with Gasteiger partial charge in [0, 0.05) is 29.9 Å². The lowest BCUT2D eigenvalue weighted by Gasteiger charge is -2.10. The Morgan fingerprint density at radius 3 is 2.36 bits per heavy atom. The van der Waals surface area contributed by atoms with Crippen molar-refractivity contribution >= 4 is 21.4 Å². The molecule has 0 N–H and O–H groups in total. The molecule has 3 aromatic carbocycles. The Balaban J connectivity index is 1.71. The number of hydrogen-bond donors (Lipinski definition) is 0. The van der Waals surface area contributed by atoms with E-state index in [1.54, 1.807) is 24.4 Å². The second kappa shape index (κ2) is 7.26. The minimum atomic E-state index is -3.24. The molecule has 0 aliphatic heterocycles. The molecule has 0 amide bonds. The highest BCUT2D eigenvalue weighted by atomic mass is 35.5. The number of nitrogens with zero attached hydrogens (tertiary/aromatic N) is 2. The molecule has 0 fully saturated rings. The molecule has 0 saturated carbocycles. The van der Waals surface area contributed by atoms with Crippen LogP contribution in [0.3, 0.4) is 0 Å². The van der Waals surface area contributed by atoms with Crippen LogP contribution < -0.4 is 0 Å². The van der Waals surface area contributed by atoms with Gasteiger partial charge in [0.05, 0.1) is 9.92 Å². The van der Waals surface area contributed by atoms with Crippen LogP contribution in [0.2, 0.25) is 5.02 Å². The summed E-state index contributed by atoms with van der Waals surface area (Å²) in [6.07, 6.45) is 4.84. The zero-order valence-corrected chi connectivity index (χ0v) is 16.7. The highest BCUT2D eigenvalue weighted by Crippen LogP contribution is 2.29. The highest BCUT2D eigenvalue weighted by Gasteiger charge is 2.12. The number of halogens is 1. The molecule has 140 valence electrons. The fraction of sp³-hybridized carbons (Fsp3) is 0.0455. The van der Waals surface area contributed by atoms with Crippen molar-refractivity contribution in [2.45, 2.75) is 4.90 Å². The van der Waals surface area contributed by atoms with Crippen LogP contribution in [0.1, 0.15) is 0 Å². The molecule has 4 aromatic rings. The summed E-state index contributed by atoms with van der Waals surface area (Å²) in [7, 11) is -3.24. The van der Waals surface area contributed by atoms with Gasteiger partial charge >= 0.3 is 0 Å². The normalized spacial score (nSPS) is 11.5. The van der Waals surface area contributed by atoms with E-state index >= 15 is 0 Å². The number of hydrogen-bond acceptors (Lipinski definition) is 3. The third-order valence-corrected chi connectivity index (χ3v) is 5.94. The summed E-state index contributed by atoms with van der Waals surface area (Å²) in [5, 5.41) is 0.643. The van der Waals surface area contributed by atoms with E-state index in [-0.39, 0.29) is 0 Å². The second-order valence-electron chi connectivity index (χ2n) is 6.45. The van der Waals surface area contributed by atoms with E-state index in [0.717, 1.165) is 28.2 Å². The zero-order chi connectivity index (χ0) is 19.7. The van der Waals surface area contributed by atoms with E-state index in [1.165, 1.54) is 6.26 Å². The molecule has 0 bridgehead atoms. The van der Waals surface area contributed by atoms with E-state index in [1.807, 2.05) is 65.4 Å². The average molecular weight is 409 g/mol. The lowest BCUT2D eigenvalue weighted by atomic mass is 10.1. The number of benzene rings is 3. The van der Waals surface area contributed by atoms with Crippen LogP contribution in [0, 0.1) is 0 Å². The maximum Gasteiger partial charge on any atom is 0.175 e. The van der Waals surface area contributed by atoms with E-state index < -0.39 is 9.84 Å². The topological polar surface area (TPSA) is 52.0 Å². The van der Waals surface area contributed by atoms with Gasteiger partial charge in [0.25, 0.3) is 0 Å². The molecule has 0 aliphatic rings. The molecule has 28 heavy (non-hydrogen) atoms. The predicted molar refractivity (Wildman–Crippen MR) is 113 cm³/mol. The summed E-state index contributed by atoms with van der Waals surface area (Å²) in [6, 6.07) is 22.4. The zero-order valence-electron chi connectivity index (χ0n) is 15.1. The molecular formula is C22H17ClN2O2S. The minimum Gasteiger partial charge on any atom is -0.300 e. The van der Waals surface area contributed by atoms with Crippen LogP contribution in [0.4, 0.5) is 0 Å². The van der Waals surface area contributed by atoms with Crippen LogP contribution in [0.5, 0.6) is 0 Å². The predicted octanol–water partition coefficient (Wildman–Crippen LogP) is 5.26. The van der Waals surface area contributed by atoms with Crippen molar-refractivity contribution < 1.29 is 8.42 Å². The lowest BCUT2D eigenvalue weighted by Crippen LogP contribution is -1.98. The molecule has 0 radical (unpaired) electrons. The monoisotopic (exact) mass is 408 g/mol. The Morgan fingerprint density at radius 1 is 0.893 bits per heavy atom. The van der Waals surface area contributed by atoms with E-state index in [4.69, 9.17) is 11.6 Å². The van der Waals surface area contributed by atoms with Gasteiger partial charge in [-0.2, -0.15) is 0 Å². The molecule has 4 rings (SSSR count). The number of sulfone groups is 1. The molecule has 0 atom stereocenters. The Bertz CT molecular complexity index is 1250. The largest absolute Gasteiger partial charge is 0.300 e. The van der Waals surface area contributed by atoms with Crippen molar-refractivity contribution in [1.82, 2.24) is 9.55 Å². The summed E-state index contributed by atoms with van der Waals surface area (Å²) in [4.78, 5) is 4.76. The maximum atomic E-state index is 11.8. The van der Waals surface area contributed by atoms with Crippen molar-refractivity contribution in [3.63, 3.8) is 0 Å². The molecule has 0 saturated heterocycles. The lowest BCUT2D eigenvalue weighted by molar-refractivity contribution is 0.602. The molecule has 6 heteroatoms. The summed E-state index contributed by atoms with van der Waals surface area (Å²) >= 11 is 6.33. The van der Waals surface area contributed by atoms with Crippen molar-refractivity contribution in [3.8, 4) is 28.2 Å². The van der Waals surface area contributed by atoms with Crippen LogP contribution in [-0.4, -0.2) is 24.2 Å². The Kier molecular flexibility index (Phi) is 4.79. The SMILES string of the molecule is CS(=O)(=O)c1cccc(-c2ccc(-n3ccnc3-c3ccccc3Cl)cc2)c1. The summed E-state index contributed by atoms with van der Waals surface area (Å²) in [6.45, 7) is 0. The van der Waals surface area contributed by atoms with Crippen molar-refractivity contribution in [2.24, 2.45) is 0 Å². The van der Waals surface area contributed by atoms with Crippen molar-refractivity contribution in [2.75, 3.05) is 6.26 Å². The number of rotatable bonds is 4. The molecule has 0 unspecified atom stereocenters. The van der Waals surface area contributed by atoms with Gasteiger partial charge in [0.2, 0.25) is 0 Å². The third kappa shape index (κ3) is 3.59.